The van der Waals surface area contributed by atoms with E-state index >= 15 is 0 Å². The SMILES string of the molecule is CC(C)C(O)CCCCC(O)C[n+]1ccc(CCCc2ccncc2)cc1. The van der Waals surface area contributed by atoms with Crippen LogP contribution in [-0.4, -0.2) is 27.4 Å². The lowest BCUT2D eigenvalue weighted by atomic mass is 10.00. The lowest BCUT2D eigenvalue weighted by Crippen LogP contribution is -2.39. The van der Waals surface area contributed by atoms with E-state index < -0.39 is 0 Å². The largest absolute Gasteiger partial charge is 0.393 e. The van der Waals surface area contributed by atoms with Gasteiger partial charge in [-0.3, -0.25) is 4.98 Å². The van der Waals surface area contributed by atoms with Crippen molar-refractivity contribution in [2.75, 3.05) is 0 Å². The Labute approximate surface area is 163 Å². The van der Waals surface area contributed by atoms with Crippen LogP contribution in [0.4, 0.5) is 0 Å². The number of aryl methyl sites for hydroxylation is 2. The Kier molecular flexibility index (Phi) is 9.43. The van der Waals surface area contributed by atoms with E-state index in [1.54, 1.807) is 0 Å². The van der Waals surface area contributed by atoms with Crippen LogP contribution in [0.15, 0.2) is 49.1 Å². The van der Waals surface area contributed by atoms with Crippen molar-refractivity contribution in [3.8, 4) is 0 Å². The van der Waals surface area contributed by atoms with Gasteiger partial charge in [-0.2, -0.15) is 0 Å². The summed E-state index contributed by atoms with van der Waals surface area (Å²) in [5.74, 6) is 0.314. The van der Waals surface area contributed by atoms with Gasteiger partial charge in [0.25, 0.3) is 0 Å². The number of aliphatic hydroxyl groups is 2. The van der Waals surface area contributed by atoms with Crippen molar-refractivity contribution in [1.82, 2.24) is 4.98 Å². The number of nitrogens with zero attached hydrogens (tertiary/aromatic N) is 2. The summed E-state index contributed by atoms with van der Waals surface area (Å²) in [6.07, 6.45) is 14.1. The third kappa shape index (κ3) is 8.63. The molecule has 2 unspecified atom stereocenters. The van der Waals surface area contributed by atoms with E-state index in [4.69, 9.17) is 0 Å². The van der Waals surface area contributed by atoms with Gasteiger partial charge in [0.1, 0.15) is 6.10 Å². The topological polar surface area (TPSA) is 57.2 Å². The van der Waals surface area contributed by atoms with E-state index in [0.717, 1.165) is 44.9 Å². The lowest BCUT2D eigenvalue weighted by molar-refractivity contribution is -0.703. The van der Waals surface area contributed by atoms with Gasteiger partial charge in [0.05, 0.1) is 6.10 Å². The predicted molar refractivity (Wildman–Crippen MR) is 108 cm³/mol. The third-order valence-corrected chi connectivity index (χ3v) is 5.12. The third-order valence-electron chi connectivity index (χ3n) is 5.12. The Balaban J connectivity index is 1.64. The molecule has 0 aliphatic heterocycles. The highest BCUT2D eigenvalue weighted by Crippen LogP contribution is 2.12. The van der Waals surface area contributed by atoms with Crippen molar-refractivity contribution in [1.29, 1.82) is 0 Å². The normalized spacial score (nSPS) is 13.7. The van der Waals surface area contributed by atoms with Crippen LogP contribution in [-0.2, 0) is 19.4 Å². The Morgan fingerprint density at radius 1 is 0.852 bits per heavy atom. The highest BCUT2D eigenvalue weighted by molar-refractivity contribution is 5.11. The summed E-state index contributed by atoms with van der Waals surface area (Å²) in [5, 5.41) is 20.0. The number of rotatable bonds is 12. The van der Waals surface area contributed by atoms with Crippen LogP contribution >= 0.6 is 0 Å². The summed E-state index contributed by atoms with van der Waals surface area (Å²) in [7, 11) is 0. The minimum atomic E-state index is -0.330. The molecule has 0 spiro atoms. The Morgan fingerprint density at radius 2 is 1.44 bits per heavy atom. The molecule has 4 nitrogen and oxygen atoms in total. The standard InChI is InChI=1S/C23H35N2O2/c1-19(2)23(27)9-4-3-8-22(26)18-25-16-12-21(13-17-25)7-5-6-20-10-14-24-15-11-20/h10-17,19,22-23,26-27H,3-9,18H2,1-2H3/q+1. The summed E-state index contributed by atoms with van der Waals surface area (Å²) in [6.45, 7) is 4.71. The monoisotopic (exact) mass is 371 g/mol. The second kappa shape index (κ2) is 11.8. The van der Waals surface area contributed by atoms with Crippen LogP contribution in [0.5, 0.6) is 0 Å². The van der Waals surface area contributed by atoms with E-state index in [0.29, 0.717) is 12.5 Å². The van der Waals surface area contributed by atoms with Crippen molar-refractivity contribution in [2.45, 2.75) is 77.5 Å². The highest BCUT2D eigenvalue weighted by Gasteiger charge is 2.12. The molecule has 0 aromatic carbocycles. The Bertz CT molecular complexity index is 629. The molecule has 0 radical (unpaired) electrons. The predicted octanol–water partition coefficient (Wildman–Crippen LogP) is 3.48. The van der Waals surface area contributed by atoms with E-state index in [2.05, 4.69) is 46.2 Å². The van der Waals surface area contributed by atoms with Crippen LogP contribution < -0.4 is 4.57 Å². The maximum absolute atomic E-state index is 10.2. The second-order valence-corrected chi connectivity index (χ2v) is 7.86. The molecule has 2 aromatic heterocycles. The van der Waals surface area contributed by atoms with Crippen molar-refractivity contribution in [3.05, 3.63) is 60.2 Å². The number of pyridine rings is 2. The molecule has 27 heavy (non-hydrogen) atoms. The van der Waals surface area contributed by atoms with E-state index in [9.17, 15) is 10.2 Å². The molecule has 0 bridgehead atoms. The molecule has 2 aromatic rings. The lowest BCUT2D eigenvalue weighted by Gasteiger charge is -2.14. The Morgan fingerprint density at radius 3 is 2.07 bits per heavy atom. The molecular formula is C23H35N2O2+. The zero-order valence-electron chi connectivity index (χ0n) is 16.8. The van der Waals surface area contributed by atoms with Gasteiger partial charge in [-0.05, 0) is 61.3 Å². The maximum Gasteiger partial charge on any atom is 0.174 e. The highest BCUT2D eigenvalue weighted by atomic mass is 16.3. The molecule has 2 rings (SSSR count). The van der Waals surface area contributed by atoms with Gasteiger partial charge in [0.15, 0.2) is 18.9 Å². The average molecular weight is 372 g/mol. The van der Waals surface area contributed by atoms with Crippen molar-refractivity contribution < 1.29 is 14.8 Å². The molecule has 2 heterocycles. The van der Waals surface area contributed by atoms with Gasteiger partial charge in [-0.25, -0.2) is 4.57 Å². The molecule has 0 aliphatic rings. The van der Waals surface area contributed by atoms with Crippen LogP contribution in [0.1, 0.15) is 57.1 Å². The quantitative estimate of drug-likeness (QED) is 0.444. The summed E-state index contributed by atoms with van der Waals surface area (Å²) in [5.41, 5.74) is 2.66. The Hall–Kier alpha value is -1.78. The van der Waals surface area contributed by atoms with Crippen LogP contribution in [0, 0.1) is 5.92 Å². The number of aromatic nitrogens is 2. The van der Waals surface area contributed by atoms with Crippen LogP contribution in [0.2, 0.25) is 0 Å². The minimum Gasteiger partial charge on any atom is -0.393 e. The summed E-state index contributed by atoms with van der Waals surface area (Å²) in [6, 6.07) is 8.45. The molecule has 0 amide bonds. The first-order valence-corrected chi connectivity index (χ1v) is 10.3. The van der Waals surface area contributed by atoms with Gasteiger partial charge in [0, 0.05) is 24.5 Å². The number of unbranched alkanes of at least 4 members (excludes halogenated alkanes) is 1. The van der Waals surface area contributed by atoms with Gasteiger partial charge < -0.3 is 10.2 Å². The van der Waals surface area contributed by atoms with E-state index in [1.807, 2.05) is 26.2 Å². The van der Waals surface area contributed by atoms with E-state index in [1.165, 1.54) is 11.1 Å². The number of hydrogen-bond acceptors (Lipinski definition) is 3. The first-order chi connectivity index (χ1) is 13.0. The van der Waals surface area contributed by atoms with Crippen molar-refractivity contribution in [3.63, 3.8) is 0 Å². The summed E-state index contributed by atoms with van der Waals surface area (Å²) in [4.78, 5) is 4.05. The molecule has 0 saturated carbocycles. The molecule has 0 fully saturated rings. The van der Waals surface area contributed by atoms with Gasteiger partial charge in [-0.1, -0.05) is 26.7 Å². The molecule has 2 N–H and O–H groups in total. The number of hydrogen-bond donors (Lipinski definition) is 2. The minimum absolute atomic E-state index is 0.220. The molecule has 4 heteroatoms. The zero-order valence-corrected chi connectivity index (χ0v) is 16.8. The van der Waals surface area contributed by atoms with Gasteiger partial charge in [0.2, 0.25) is 0 Å². The first-order valence-electron chi connectivity index (χ1n) is 10.3. The fourth-order valence-corrected chi connectivity index (χ4v) is 3.22. The van der Waals surface area contributed by atoms with E-state index in [-0.39, 0.29) is 12.2 Å². The molecule has 0 aliphatic carbocycles. The van der Waals surface area contributed by atoms with Crippen molar-refractivity contribution in [2.24, 2.45) is 5.92 Å². The van der Waals surface area contributed by atoms with Crippen molar-refractivity contribution >= 4 is 0 Å². The van der Waals surface area contributed by atoms with Gasteiger partial charge in [-0.15, -0.1) is 0 Å². The molecule has 0 saturated heterocycles. The molecule has 148 valence electrons. The fourth-order valence-electron chi connectivity index (χ4n) is 3.22. The fraction of sp³-hybridized carbons (Fsp3) is 0.565. The zero-order chi connectivity index (χ0) is 19.5. The second-order valence-electron chi connectivity index (χ2n) is 7.86. The van der Waals surface area contributed by atoms with Gasteiger partial charge >= 0.3 is 0 Å². The number of aliphatic hydroxyl groups excluding tert-OH is 2. The summed E-state index contributed by atoms with van der Waals surface area (Å²) < 4.78 is 2.06. The molecule has 2 atom stereocenters. The smallest absolute Gasteiger partial charge is 0.174 e. The molecular weight excluding hydrogens is 336 g/mol. The first kappa shape index (κ1) is 21.5. The average Bonchev–Trinajstić information content (AvgIpc) is 2.67. The summed E-state index contributed by atoms with van der Waals surface area (Å²) >= 11 is 0. The van der Waals surface area contributed by atoms with Crippen LogP contribution in [0.3, 0.4) is 0 Å². The maximum atomic E-state index is 10.2. The van der Waals surface area contributed by atoms with Crippen LogP contribution in [0.25, 0.3) is 0 Å².